The summed E-state index contributed by atoms with van der Waals surface area (Å²) in [4.78, 5) is 12.0. The molecule has 3 aromatic rings. The van der Waals surface area contributed by atoms with Gasteiger partial charge in [0.2, 0.25) is 11.1 Å². The van der Waals surface area contributed by atoms with Crippen molar-refractivity contribution in [3.8, 4) is 5.69 Å². The molecule has 1 aromatic heterocycles. The van der Waals surface area contributed by atoms with E-state index in [1.807, 2.05) is 24.3 Å². The van der Waals surface area contributed by atoms with Crippen LogP contribution in [0.25, 0.3) is 5.69 Å². The lowest BCUT2D eigenvalue weighted by atomic mass is 10.3. The van der Waals surface area contributed by atoms with Crippen LogP contribution in [0.1, 0.15) is 0 Å². The minimum atomic E-state index is -0.146. The zero-order chi connectivity index (χ0) is 16.9. The summed E-state index contributed by atoms with van der Waals surface area (Å²) >= 11 is 10.5. The van der Waals surface area contributed by atoms with Crippen LogP contribution in [-0.4, -0.2) is 31.9 Å². The molecule has 0 bridgehead atoms. The molecule has 9 heteroatoms. The Morgan fingerprint density at radius 2 is 1.88 bits per heavy atom. The number of halogens is 2. The highest BCUT2D eigenvalue weighted by atomic mass is 79.9. The third-order valence-corrected chi connectivity index (χ3v) is 4.67. The number of tetrazole rings is 1. The van der Waals surface area contributed by atoms with Gasteiger partial charge in [0.1, 0.15) is 0 Å². The second kappa shape index (κ2) is 7.78. The Morgan fingerprint density at radius 3 is 2.58 bits per heavy atom. The van der Waals surface area contributed by atoms with Gasteiger partial charge in [0, 0.05) is 15.2 Å². The van der Waals surface area contributed by atoms with Gasteiger partial charge in [0.05, 0.1) is 11.4 Å². The maximum atomic E-state index is 12.0. The largest absolute Gasteiger partial charge is 0.325 e. The Labute approximate surface area is 155 Å². The monoisotopic (exact) mass is 423 g/mol. The second-order valence-corrected chi connectivity index (χ2v) is 6.99. The molecular formula is C15H11BrClN5OS. The standard InChI is InChI=1S/C15H11BrClN5OS/c16-10-1-7-13(8-2-10)22-15(19-20-21-22)24-9-14(23)18-12-5-3-11(17)4-6-12/h1-8H,9H2,(H,18,23). The molecule has 0 spiro atoms. The third-order valence-electron chi connectivity index (χ3n) is 2.97. The maximum Gasteiger partial charge on any atom is 0.234 e. The number of rotatable bonds is 5. The van der Waals surface area contributed by atoms with E-state index in [4.69, 9.17) is 11.6 Å². The SMILES string of the molecule is O=C(CSc1nnnn1-c1ccc(Br)cc1)Nc1ccc(Cl)cc1. The van der Waals surface area contributed by atoms with Crippen LogP contribution in [0.4, 0.5) is 5.69 Å². The van der Waals surface area contributed by atoms with Crippen LogP contribution >= 0.6 is 39.3 Å². The molecule has 24 heavy (non-hydrogen) atoms. The average molecular weight is 425 g/mol. The fourth-order valence-corrected chi connectivity index (χ4v) is 2.95. The zero-order valence-corrected chi connectivity index (χ0v) is 15.3. The van der Waals surface area contributed by atoms with Crippen LogP contribution in [0.15, 0.2) is 58.2 Å². The summed E-state index contributed by atoms with van der Waals surface area (Å²) < 4.78 is 2.56. The van der Waals surface area contributed by atoms with Gasteiger partial charge in [-0.1, -0.05) is 39.3 Å². The lowest BCUT2D eigenvalue weighted by molar-refractivity contribution is -0.113. The van der Waals surface area contributed by atoms with Crippen molar-refractivity contribution in [3.05, 3.63) is 58.0 Å². The average Bonchev–Trinajstić information content (AvgIpc) is 3.04. The molecule has 0 unspecified atom stereocenters. The van der Waals surface area contributed by atoms with Gasteiger partial charge in [0.25, 0.3) is 0 Å². The number of carbonyl (C=O) groups excluding carboxylic acids is 1. The highest BCUT2D eigenvalue weighted by Gasteiger charge is 2.11. The molecule has 0 aliphatic rings. The molecule has 3 rings (SSSR count). The molecule has 122 valence electrons. The minimum Gasteiger partial charge on any atom is -0.325 e. The normalized spacial score (nSPS) is 10.6. The summed E-state index contributed by atoms with van der Waals surface area (Å²) in [6, 6.07) is 14.5. The van der Waals surface area contributed by atoms with Gasteiger partial charge in [-0.05, 0) is 59.0 Å². The molecule has 0 aliphatic carbocycles. The summed E-state index contributed by atoms with van der Waals surface area (Å²) in [7, 11) is 0. The first kappa shape index (κ1) is 16.9. The predicted octanol–water partition coefficient (Wildman–Crippen LogP) is 3.81. The lowest BCUT2D eigenvalue weighted by Gasteiger charge is -2.06. The number of hydrogen-bond donors (Lipinski definition) is 1. The number of nitrogens with one attached hydrogen (secondary N) is 1. The fraction of sp³-hybridized carbons (Fsp3) is 0.0667. The van der Waals surface area contributed by atoms with Crippen LogP contribution < -0.4 is 5.32 Å². The lowest BCUT2D eigenvalue weighted by Crippen LogP contribution is -2.14. The van der Waals surface area contributed by atoms with E-state index in [1.54, 1.807) is 28.9 Å². The highest BCUT2D eigenvalue weighted by molar-refractivity contribution is 9.10. The van der Waals surface area contributed by atoms with Gasteiger partial charge in [-0.2, -0.15) is 4.68 Å². The topological polar surface area (TPSA) is 72.7 Å². The van der Waals surface area contributed by atoms with Crippen molar-refractivity contribution in [3.63, 3.8) is 0 Å². The fourth-order valence-electron chi connectivity index (χ4n) is 1.87. The molecule has 0 fully saturated rings. The number of anilines is 1. The van der Waals surface area contributed by atoms with Crippen molar-refractivity contribution in [2.24, 2.45) is 0 Å². The van der Waals surface area contributed by atoms with Crippen LogP contribution in [0.5, 0.6) is 0 Å². The summed E-state index contributed by atoms with van der Waals surface area (Å²) in [5.41, 5.74) is 1.52. The molecule has 0 radical (unpaired) electrons. The van der Waals surface area contributed by atoms with Crippen molar-refractivity contribution in [1.29, 1.82) is 0 Å². The van der Waals surface area contributed by atoms with E-state index < -0.39 is 0 Å². The first-order chi connectivity index (χ1) is 11.6. The Kier molecular flexibility index (Phi) is 5.49. The number of hydrogen-bond acceptors (Lipinski definition) is 5. The van der Waals surface area contributed by atoms with E-state index in [0.717, 1.165) is 10.2 Å². The maximum absolute atomic E-state index is 12.0. The van der Waals surface area contributed by atoms with Gasteiger partial charge in [-0.3, -0.25) is 4.79 Å². The van der Waals surface area contributed by atoms with Crippen LogP contribution in [0, 0.1) is 0 Å². The van der Waals surface area contributed by atoms with Crippen molar-refractivity contribution in [2.75, 3.05) is 11.1 Å². The Hall–Kier alpha value is -1.90. The molecular weight excluding hydrogens is 414 g/mol. The van der Waals surface area contributed by atoms with E-state index in [0.29, 0.717) is 15.9 Å². The van der Waals surface area contributed by atoms with Crippen LogP contribution in [-0.2, 0) is 4.79 Å². The molecule has 0 aliphatic heterocycles. The molecule has 1 N–H and O–H groups in total. The first-order valence-corrected chi connectivity index (χ1v) is 9.00. The molecule has 2 aromatic carbocycles. The Balaban J connectivity index is 1.63. The van der Waals surface area contributed by atoms with Crippen LogP contribution in [0.3, 0.4) is 0 Å². The minimum absolute atomic E-state index is 0.146. The summed E-state index contributed by atoms with van der Waals surface area (Å²) in [6.45, 7) is 0. The van der Waals surface area contributed by atoms with Gasteiger partial charge in [-0.15, -0.1) is 5.10 Å². The van der Waals surface area contributed by atoms with Gasteiger partial charge in [-0.25, -0.2) is 0 Å². The summed E-state index contributed by atoms with van der Waals surface area (Å²) in [5.74, 6) is 0.0483. The second-order valence-electron chi connectivity index (χ2n) is 4.69. The van der Waals surface area contributed by atoms with Crippen molar-refractivity contribution in [1.82, 2.24) is 20.2 Å². The van der Waals surface area contributed by atoms with Gasteiger partial charge in [0.15, 0.2) is 0 Å². The van der Waals surface area contributed by atoms with Gasteiger partial charge < -0.3 is 5.32 Å². The zero-order valence-electron chi connectivity index (χ0n) is 12.2. The van der Waals surface area contributed by atoms with E-state index in [1.165, 1.54) is 11.8 Å². The Bertz CT molecular complexity index is 838. The number of benzene rings is 2. The molecule has 6 nitrogen and oxygen atoms in total. The predicted molar refractivity (Wildman–Crippen MR) is 97.7 cm³/mol. The van der Waals surface area contributed by atoms with Crippen LogP contribution in [0.2, 0.25) is 5.02 Å². The quantitative estimate of drug-likeness (QED) is 0.631. The number of thioether (sulfide) groups is 1. The van der Waals surface area contributed by atoms with Crippen molar-refractivity contribution in [2.45, 2.75) is 5.16 Å². The molecule has 0 atom stereocenters. The van der Waals surface area contributed by atoms with Crippen molar-refractivity contribution >= 4 is 50.9 Å². The molecule has 1 amide bonds. The Morgan fingerprint density at radius 1 is 1.17 bits per heavy atom. The van der Waals surface area contributed by atoms with Gasteiger partial charge >= 0.3 is 0 Å². The number of nitrogens with zero attached hydrogens (tertiary/aromatic N) is 4. The van der Waals surface area contributed by atoms with Crippen molar-refractivity contribution < 1.29 is 4.79 Å². The van der Waals surface area contributed by atoms with E-state index in [-0.39, 0.29) is 11.7 Å². The summed E-state index contributed by atoms with van der Waals surface area (Å²) in [6.07, 6.45) is 0. The molecule has 1 heterocycles. The van der Waals surface area contributed by atoms with E-state index in [2.05, 4.69) is 36.8 Å². The molecule has 0 saturated carbocycles. The highest BCUT2D eigenvalue weighted by Crippen LogP contribution is 2.20. The smallest absolute Gasteiger partial charge is 0.234 e. The van der Waals surface area contributed by atoms with E-state index >= 15 is 0 Å². The first-order valence-electron chi connectivity index (χ1n) is 6.84. The number of aromatic nitrogens is 4. The molecule has 0 saturated heterocycles. The number of amides is 1. The number of carbonyl (C=O) groups is 1. The summed E-state index contributed by atoms with van der Waals surface area (Å²) in [5, 5.41) is 15.6. The van der Waals surface area contributed by atoms with E-state index in [9.17, 15) is 4.79 Å². The third kappa shape index (κ3) is 4.34.